The number of phosphoric acid groups is 4. The summed E-state index contributed by atoms with van der Waals surface area (Å²) < 4.78 is 67.6. The lowest BCUT2D eigenvalue weighted by Crippen LogP contribution is -2.33. The molecule has 0 radical (unpaired) electrons. The first-order valence-corrected chi connectivity index (χ1v) is 14.3. The summed E-state index contributed by atoms with van der Waals surface area (Å²) in [5.74, 6) is 0. The van der Waals surface area contributed by atoms with Crippen molar-refractivity contribution in [2.75, 3.05) is 6.61 Å². The standard InChI is InChI=1S/C10H18N2O17P4/c1-5-3-12(10(14)11-9(5)13)8-2-6(27-33(23,24)29-31(18,19)20)7(26-8)4-25-32(21,22)28-30(15,16)17/h3,6-8H,2,4H2,1H3,(H,21,22)(H,23,24)(H,11,13,14)(H2,15,16,17)(H2,18,19,20)/t6-,7+,8+/m0/s1. The third-order valence-electron chi connectivity index (χ3n) is 3.73. The Balaban J connectivity index is 2.30. The molecule has 0 aromatic carbocycles. The summed E-state index contributed by atoms with van der Waals surface area (Å²) in [7, 11) is -21.9. The first-order chi connectivity index (χ1) is 14.8. The van der Waals surface area contributed by atoms with Gasteiger partial charge in [0.25, 0.3) is 5.56 Å². The predicted octanol–water partition coefficient (Wildman–Crippen LogP) is -1.05. The van der Waals surface area contributed by atoms with Gasteiger partial charge in [0, 0.05) is 18.2 Å². The van der Waals surface area contributed by atoms with Crippen molar-refractivity contribution in [2.24, 2.45) is 0 Å². The van der Waals surface area contributed by atoms with Gasteiger partial charge in [0.15, 0.2) is 0 Å². The molecule has 7 N–H and O–H groups in total. The van der Waals surface area contributed by atoms with E-state index in [1.165, 1.54) is 6.92 Å². The number of hydrogen-bond donors (Lipinski definition) is 7. The molecule has 2 heterocycles. The van der Waals surface area contributed by atoms with E-state index in [2.05, 4.69) is 17.7 Å². The summed E-state index contributed by atoms with van der Waals surface area (Å²) in [6.45, 7) is 0.234. The van der Waals surface area contributed by atoms with Gasteiger partial charge in [0.1, 0.15) is 18.4 Å². The third kappa shape index (κ3) is 9.03. The number of aryl methyl sites for hydroxylation is 1. The Hall–Kier alpha value is -0.840. The molecular weight excluding hydrogens is 544 g/mol. The number of nitrogens with one attached hydrogen (secondary N) is 1. The maximum Gasteiger partial charge on any atom is 0.481 e. The predicted molar refractivity (Wildman–Crippen MR) is 101 cm³/mol. The average molecular weight is 562 g/mol. The number of phosphoric ester groups is 2. The van der Waals surface area contributed by atoms with Crippen LogP contribution in [0.15, 0.2) is 15.8 Å². The first kappa shape index (κ1) is 28.4. The van der Waals surface area contributed by atoms with Crippen LogP contribution in [0.4, 0.5) is 0 Å². The molecule has 0 spiro atoms. The molecule has 1 aliphatic heterocycles. The van der Waals surface area contributed by atoms with E-state index in [1.807, 2.05) is 4.98 Å². The second-order valence-electron chi connectivity index (χ2n) is 6.36. The molecule has 0 saturated carbocycles. The molecule has 33 heavy (non-hydrogen) atoms. The van der Waals surface area contributed by atoms with E-state index >= 15 is 0 Å². The minimum Gasteiger partial charge on any atom is -0.349 e. The molecule has 5 atom stereocenters. The number of hydrogen-bond acceptors (Lipinski definition) is 11. The lowest BCUT2D eigenvalue weighted by molar-refractivity contribution is -0.0443. The van der Waals surface area contributed by atoms with E-state index in [4.69, 9.17) is 24.3 Å². The van der Waals surface area contributed by atoms with Crippen LogP contribution in [0, 0.1) is 6.92 Å². The summed E-state index contributed by atoms with van der Waals surface area (Å²) in [5.41, 5.74) is -1.68. The number of H-pyrrole nitrogens is 1. The molecule has 2 rings (SSSR count). The van der Waals surface area contributed by atoms with Crippen LogP contribution in [0.3, 0.4) is 0 Å². The zero-order chi connectivity index (χ0) is 25.4. The van der Waals surface area contributed by atoms with Gasteiger partial charge in [0.05, 0.1) is 6.61 Å². The lowest BCUT2D eigenvalue weighted by Gasteiger charge is -2.22. The Morgan fingerprint density at radius 3 is 2.12 bits per heavy atom. The van der Waals surface area contributed by atoms with Crippen LogP contribution in [0.25, 0.3) is 0 Å². The molecular formula is C10H18N2O17P4. The second-order valence-corrected chi connectivity index (χ2v) is 12.0. The van der Waals surface area contributed by atoms with Gasteiger partial charge in [-0.05, 0) is 6.92 Å². The topological polar surface area (TPSA) is 291 Å². The zero-order valence-electron chi connectivity index (χ0n) is 16.1. The molecule has 1 fully saturated rings. The summed E-state index contributed by atoms with van der Waals surface area (Å²) in [6.07, 6.45) is -4.21. The van der Waals surface area contributed by atoms with Crippen molar-refractivity contribution in [3.63, 3.8) is 0 Å². The fourth-order valence-electron chi connectivity index (χ4n) is 2.58. The van der Waals surface area contributed by atoms with Crippen molar-refractivity contribution in [2.45, 2.75) is 31.8 Å². The fraction of sp³-hybridized carbons (Fsp3) is 0.600. The Morgan fingerprint density at radius 2 is 1.58 bits per heavy atom. The Kier molecular flexibility index (Phi) is 8.63. The van der Waals surface area contributed by atoms with Gasteiger partial charge in [-0.2, -0.15) is 8.62 Å². The van der Waals surface area contributed by atoms with Crippen molar-refractivity contribution < 1.29 is 70.0 Å². The molecule has 0 amide bonds. The largest absolute Gasteiger partial charge is 0.481 e. The van der Waals surface area contributed by atoms with E-state index in [0.29, 0.717) is 0 Å². The summed E-state index contributed by atoms with van der Waals surface area (Å²) in [4.78, 5) is 79.2. The van der Waals surface area contributed by atoms with E-state index in [1.54, 1.807) is 0 Å². The molecule has 1 aromatic heterocycles. The molecule has 1 saturated heterocycles. The highest BCUT2D eigenvalue weighted by Crippen LogP contribution is 2.60. The molecule has 0 aliphatic carbocycles. The number of ether oxygens (including phenoxy) is 1. The van der Waals surface area contributed by atoms with Crippen LogP contribution in [-0.2, 0) is 40.7 Å². The van der Waals surface area contributed by atoms with Gasteiger partial charge in [-0.3, -0.25) is 23.4 Å². The van der Waals surface area contributed by atoms with Gasteiger partial charge in [-0.15, -0.1) is 0 Å². The molecule has 1 aliphatic rings. The minimum absolute atomic E-state index is 0.0444. The van der Waals surface area contributed by atoms with Gasteiger partial charge in [-0.25, -0.2) is 23.1 Å². The second kappa shape index (κ2) is 10.0. The highest BCUT2D eigenvalue weighted by Gasteiger charge is 2.45. The molecule has 0 bridgehead atoms. The molecule has 1 aromatic rings. The first-order valence-electron chi connectivity index (χ1n) is 8.27. The van der Waals surface area contributed by atoms with E-state index in [-0.39, 0.29) is 5.56 Å². The smallest absolute Gasteiger partial charge is 0.349 e. The number of nitrogens with zero attached hydrogens (tertiary/aromatic N) is 1. The van der Waals surface area contributed by atoms with Crippen molar-refractivity contribution in [1.82, 2.24) is 9.55 Å². The number of aromatic nitrogens is 2. The average Bonchev–Trinajstić information content (AvgIpc) is 2.93. The fourth-order valence-corrected chi connectivity index (χ4v) is 5.97. The van der Waals surface area contributed by atoms with Crippen LogP contribution in [0.2, 0.25) is 0 Å². The summed E-state index contributed by atoms with van der Waals surface area (Å²) in [6, 6.07) is 0. The maximum absolute atomic E-state index is 12.1. The van der Waals surface area contributed by atoms with Crippen molar-refractivity contribution in [1.29, 1.82) is 0 Å². The van der Waals surface area contributed by atoms with Crippen LogP contribution >= 0.6 is 31.3 Å². The third-order valence-corrected chi connectivity index (χ3v) is 8.09. The Labute approximate surface area is 182 Å². The Bertz CT molecular complexity index is 1180. The SMILES string of the molecule is Cc1cn([C@H]2C[C@H](OP(=O)(O)OP(=O)(O)O)[C@@H](COP(=O)(O)OP(=O)(O)O)O2)c(=O)[nH]c1=O. The molecule has 190 valence electrons. The zero-order valence-corrected chi connectivity index (χ0v) is 19.7. The van der Waals surface area contributed by atoms with Crippen molar-refractivity contribution in [3.05, 3.63) is 32.6 Å². The van der Waals surface area contributed by atoms with Crippen LogP contribution in [0.5, 0.6) is 0 Å². The highest BCUT2D eigenvalue weighted by atomic mass is 31.3. The monoisotopic (exact) mass is 562 g/mol. The molecule has 2 unspecified atom stereocenters. The molecule has 23 heteroatoms. The van der Waals surface area contributed by atoms with Crippen molar-refractivity contribution in [3.8, 4) is 0 Å². The van der Waals surface area contributed by atoms with Crippen LogP contribution in [-0.4, -0.2) is 57.7 Å². The molecule has 19 nitrogen and oxygen atoms in total. The van der Waals surface area contributed by atoms with Gasteiger partial charge in [-0.1, -0.05) is 0 Å². The highest BCUT2D eigenvalue weighted by molar-refractivity contribution is 7.61. The van der Waals surface area contributed by atoms with E-state index < -0.39 is 74.0 Å². The van der Waals surface area contributed by atoms with Gasteiger partial charge in [0.2, 0.25) is 0 Å². The van der Waals surface area contributed by atoms with Crippen molar-refractivity contribution >= 4 is 31.3 Å². The Morgan fingerprint density at radius 1 is 1.03 bits per heavy atom. The van der Waals surface area contributed by atoms with E-state index in [9.17, 15) is 37.6 Å². The summed E-state index contributed by atoms with van der Waals surface area (Å²) in [5, 5.41) is 0. The van der Waals surface area contributed by atoms with Crippen LogP contribution < -0.4 is 11.2 Å². The normalized spacial score (nSPS) is 25.5. The van der Waals surface area contributed by atoms with E-state index in [0.717, 1.165) is 10.8 Å². The number of aromatic amines is 1. The van der Waals surface area contributed by atoms with Crippen LogP contribution in [0.1, 0.15) is 18.2 Å². The lowest BCUT2D eigenvalue weighted by atomic mass is 10.2. The quantitative estimate of drug-likeness (QED) is 0.167. The summed E-state index contributed by atoms with van der Waals surface area (Å²) >= 11 is 0. The number of rotatable bonds is 10. The van der Waals surface area contributed by atoms with Gasteiger partial charge < -0.3 is 34.1 Å². The maximum atomic E-state index is 12.1. The van der Waals surface area contributed by atoms with Gasteiger partial charge >= 0.3 is 37.0 Å². The minimum atomic E-state index is -5.52.